The van der Waals surface area contributed by atoms with Crippen molar-refractivity contribution >= 4 is 18.0 Å². The molecule has 0 bridgehead atoms. The Labute approximate surface area is 183 Å². The third-order valence-corrected chi connectivity index (χ3v) is 5.79. The lowest BCUT2D eigenvalue weighted by Crippen LogP contribution is -2.50. The van der Waals surface area contributed by atoms with E-state index in [9.17, 15) is 19.5 Å². The number of likely N-dealkylation sites (tertiary alicyclic amines) is 1. The van der Waals surface area contributed by atoms with E-state index >= 15 is 0 Å². The highest BCUT2D eigenvalue weighted by Gasteiger charge is 2.41. The van der Waals surface area contributed by atoms with Crippen molar-refractivity contribution in [2.75, 3.05) is 18.4 Å². The van der Waals surface area contributed by atoms with Crippen molar-refractivity contribution in [3.8, 4) is 5.75 Å². The fourth-order valence-corrected chi connectivity index (χ4v) is 4.33. The third-order valence-electron chi connectivity index (χ3n) is 5.79. The molecule has 32 heavy (non-hydrogen) atoms. The van der Waals surface area contributed by atoms with Crippen molar-refractivity contribution in [2.45, 2.75) is 24.7 Å². The first kappa shape index (κ1) is 21.3. The molecule has 3 aromatic rings. The van der Waals surface area contributed by atoms with Gasteiger partial charge in [-0.15, -0.1) is 0 Å². The predicted molar refractivity (Wildman–Crippen MR) is 114 cm³/mol. The van der Waals surface area contributed by atoms with E-state index in [0.717, 1.165) is 12.0 Å². The average Bonchev–Trinajstić information content (AvgIpc) is 3.31. The summed E-state index contributed by atoms with van der Waals surface area (Å²) in [5, 5.41) is 16.4. The van der Waals surface area contributed by atoms with Gasteiger partial charge in [0.1, 0.15) is 17.8 Å². The van der Waals surface area contributed by atoms with Crippen LogP contribution in [0.4, 0.5) is 5.69 Å². The molecule has 2 N–H and O–H groups in total. The standard InChI is InChI=1S/C22H23N5O5/c1-26-20(31)18(29)17(19(30)24-16-11-23-32-12-16)25-21(26)22(8-5-9-27(13-22)14-28)10-15-6-3-2-4-7-15/h2-4,6-7,11-12,14,29H,5,8-10,13H2,1H3,(H,24,30). The van der Waals surface area contributed by atoms with Crippen LogP contribution in [0, 0.1) is 0 Å². The highest BCUT2D eigenvalue weighted by Crippen LogP contribution is 2.36. The van der Waals surface area contributed by atoms with Gasteiger partial charge >= 0.3 is 0 Å². The molecule has 10 nitrogen and oxygen atoms in total. The van der Waals surface area contributed by atoms with Crippen LogP contribution in [0.5, 0.6) is 5.75 Å². The summed E-state index contributed by atoms with van der Waals surface area (Å²) < 4.78 is 5.96. The Morgan fingerprint density at radius 3 is 2.81 bits per heavy atom. The number of nitrogens with one attached hydrogen (secondary N) is 1. The topological polar surface area (TPSA) is 131 Å². The number of carbonyl (C=O) groups is 2. The summed E-state index contributed by atoms with van der Waals surface area (Å²) in [5.41, 5.74) is -0.560. The number of benzene rings is 1. The summed E-state index contributed by atoms with van der Waals surface area (Å²) in [6, 6.07) is 9.70. The van der Waals surface area contributed by atoms with Gasteiger partial charge in [0.05, 0.1) is 11.6 Å². The summed E-state index contributed by atoms with van der Waals surface area (Å²) in [7, 11) is 1.51. The number of piperidine rings is 1. The van der Waals surface area contributed by atoms with Gasteiger partial charge in [0, 0.05) is 20.1 Å². The molecule has 1 aliphatic heterocycles. The fraction of sp³-hybridized carbons (Fsp3) is 0.318. The first-order chi connectivity index (χ1) is 15.4. The molecular formula is C22H23N5O5. The summed E-state index contributed by atoms with van der Waals surface area (Å²) in [4.78, 5) is 43.4. The maximum Gasteiger partial charge on any atom is 0.296 e. The molecule has 3 heterocycles. The van der Waals surface area contributed by atoms with Crippen LogP contribution in [0.15, 0.2) is 52.1 Å². The van der Waals surface area contributed by atoms with Crippen LogP contribution in [0.2, 0.25) is 0 Å². The minimum Gasteiger partial charge on any atom is -0.501 e. The number of nitrogens with zero attached hydrogens (tertiary/aromatic N) is 4. The number of hydrogen-bond acceptors (Lipinski definition) is 7. The maximum atomic E-state index is 12.9. The molecule has 4 rings (SSSR count). The van der Waals surface area contributed by atoms with Gasteiger partial charge in [0.15, 0.2) is 5.69 Å². The van der Waals surface area contributed by atoms with E-state index in [4.69, 9.17) is 4.52 Å². The average molecular weight is 437 g/mol. The Hall–Kier alpha value is -3.95. The molecule has 1 unspecified atom stereocenters. The molecule has 1 saturated heterocycles. The Bertz CT molecular complexity index is 1180. The van der Waals surface area contributed by atoms with E-state index in [1.54, 1.807) is 4.90 Å². The van der Waals surface area contributed by atoms with Crippen molar-refractivity contribution in [3.63, 3.8) is 0 Å². The van der Waals surface area contributed by atoms with Crippen LogP contribution < -0.4 is 10.9 Å². The van der Waals surface area contributed by atoms with Gasteiger partial charge < -0.3 is 19.8 Å². The zero-order valence-electron chi connectivity index (χ0n) is 17.5. The number of anilines is 1. The lowest BCUT2D eigenvalue weighted by molar-refractivity contribution is -0.120. The van der Waals surface area contributed by atoms with Crippen LogP contribution >= 0.6 is 0 Å². The molecule has 0 spiro atoms. The summed E-state index contributed by atoms with van der Waals surface area (Å²) in [6.07, 6.45) is 5.18. The zero-order chi connectivity index (χ0) is 22.7. The minimum atomic E-state index is -0.762. The normalized spacial score (nSPS) is 18.3. The molecular weight excluding hydrogens is 414 g/mol. The second kappa shape index (κ2) is 8.66. The third kappa shape index (κ3) is 3.98. The van der Waals surface area contributed by atoms with Gasteiger partial charge in [0.25, 0.3) is 11.5 Å². The first-order valence-corrected chi connectivity index (χ1v) is 10.2. The van der Waals surface area contributed by atoms with Crippen molar-refractivity contribution in [2.24, 2.45) is 7.05 Å². The Kier molecular flexibility index (Phi) is 5.76. The quantitative estimate of drug-likeness (QED) is 0.558. The summed E-state index contributed by atoms with van der Waals surface area (Å²) in [5.74, 6) is -1.17. The van der Waals surface area contributed by atoms with Crippen molar-refractivity contribution in [3.05, 3.63) is 70.2 Å². The van der Waals surface area contributed by atoms with Gasteiger partial charge in [0.2, 0.25) is 12.2 Å². The summed E-state index contributed by atoms with van der Waals surface area (Å²) in [6.45, 7) is 0.941. The smallest absolute Gasteiger partial charge is 0.296 e. The lowest BCUT2D eigenvalue weighted by atomic mass is 9.74. The molecule has 0 aliphatic carbocycles. The number of aromatic nitrogens is 3. The molecule has 0 radical (unpaired) electrons. The molecule has 2 amide bonds. The Balaban J connectivity index is 1.83. The number of hydrogen-bond donors (Lipinski definition) is 2. The van der Waals surface area contributed by atoms with Gasteiger partial charge in [-0.05, 0) is 24.8 Å². The second-order valence-electron chi connectivity index (χ2n) is 7.99. The van der Waals surface area contributed by atoms with Crippen LogP contribution in [0.25, 0.3) is 0 Å². The van der Waals surface area contributed by atoms with Crippen LogP contribution in [-0.4, -0.2) is 50.1 Å². The molecule has 10 heteroatoms. The largest absolute Gasteiger partial charge is 0.501 e. The van der Waals surface area contributed by atoms with Crippen molar-refractivity contribution < 1.29 is 19.2 Å². The number of carbonyl (C=O) groups excluding carboxylic acids is 2. The Morgan fingerprint density at radius 1 is 1.34 bits per heavy atom. The fourth-order valence-electron chi connectivity index (χ4n) is 4.33. The van der Waals surface area contributed by atoms with E-state index in [1.807, 2.05) is 30.3 Å². The van der Waals surface area contributed by atoms with Crippen LogP contribution in [0.1, 0.15) is 34.7 Å². The summed E-state index contributed by atoms with van der Waals surface area (Å²) >= 11 is 0. The van der Waals surface area contributed by atoms with E-state index in [0.29, 0.717) is 38.2 Å². The van der Waals surface area contributed by atoms with E-state index in [-0.39, 0.29) is 11.4 Å². The van der Waals surface area contributed by atoms with Crippen molar-refractivity contribution in [1.29, 1.82) is 0 Å². The minimum absolute atomic E-state index is 0.266. The molecule has 1 aromatic carbocycles. The number of aromatic hydroxyl groups is 1. The van der Waals surface area contributed by atoms with Crippen LogP contribution in [0.3, 0.4) is 0 Å². The maximum absolute atomic E-state index is 12.9. The Morgan fingerprint density at radius 2 is 2.12 bits per heavy atom. The van der Waals surface area contributed by atoms with E-state index < -0.39 is 22.6 Å². The number of rotatable bonds is 6. The zero-order valence-corrected chi connectivity index (χ0v) is 17.5. The van der Waals surface area contributed by atoms with Crippen molar-refractivity contribution in [1.82, 2.24) is 19.6 Å². The van der Waals surface area contributed by atoms with Gasteiger partial charge in [-0.2, -0.15) is 0 Å². The van der Waals surface area contributed by atoms with Gasteiger partial charge in [-0.1, -0.05) is 35.5 Å². The first-order valence-electron chi connectivity index (χ1n) is 10.2. The second-order valence-corrected chi connectivity index (χ2v) is 7.99. The van der Waals surface area contributed by atoms with Crippen LogP contribution in [-0.2, 0) is 23.7 Å². The molecule has 1 atom stereocenters. The van der Waals surface area contributed by atoms with E-state index in [2.05, 4.69) is 15.5 Å². The molecule has 1 aliphatic rings. The molecule has 2 aromatic heterocycles. The van der Waals surface area contributed by atoms with E-state index in [1.165, 1.54) is 24.1 Å². The molecule has 0 saturated carbocycles. The van der Waals surface area contributed by atoms with Gasteiger partial charge in [-0.25, -0.2) is 4.98 Å². The SMILES string of the molecule is Cn1c(C2(Cc3ccccc3)CCCN(C=O)C2)nc(C(=O)Nc2cnoc2)c(O)c1=O. The highest BCUT2D eigenvalue weighted by molar-refractivity contribution is 6.04. The van der Waals surface area contributed by atoms with Gasteiger partial charge in [-0.3, -0.25) is 19.0 Å². The monoisotopic (exact) mass is 437 g/mol. The molecule has 166 valence electrons. The highest BCUT2D eigenvalue weighted by atomic mass is 16.5. The number of amides is 2. The molecule has 1 fully saturated rings. The lowest BCUT2D eigenvalue weighted by Gasteiger charge is -2.42. The predicted octanol–water partition coefficient (Wildman–Crippen LogP) is 1.46.